The van der Waals surface area contributed by atoms with Crippen molar-refractivity contribution in [2.45, 2.75) is 169 Å². The third kappa shape index (κ3) is 16.4. The quantitative estimate of drug-likeness (QED) is 0.0926. The lowest BCUT2D eigenvalue weighted by molar-refractivity contribution is -0.130. The molecule has 4 fully saturated rings. The minimum absolute atomic E-state index is 0.0150. The van der Waals surface area contributed by atoms with E-state index in [0.29, 0.717) is 62.5 Å². The van der Waals surface area contributed by atoms with Crippen LogP contribution in [0.3, 0.4) is 0 Å². The molecule has 12 rings (SSSR count). The lowest BCUT2D eigenvalue weighted by atomic mass is 9.79. The Labute approximate surface area is 642 Å². The zero-order chi connectivity index (χ0) is 118. The number of piperidine rings is 4. The van der Waals surface area contributed by atoms with Crippen molar-refractivity contribution in [1.29, 1.82) is 0 Å². The number of nitrogens with zero attached hydrogens (tertiary/aromatic N) is 4. The second-order valence-electron chi connectivity index (χ2n) is 22.5. The van der Waals surface area contributed by atoms with Gasteiger partial charge >= 0.3 is 0 Å². The molecule has 0 amide bonds. The Morgan fingerprint density at radius 1 is 0.511 bits per heavy atom. The summed E-state index contributed by atoms with van der Waals surface area (Å²) in [6.45, 7) is -20.9. The molecule has 4 saturated heterocycles. The molecule has 8 heterocycles. The van der Waals surface area contributed by atoms with Crippen molar-refractivity contribution in [2.24, 2.45) is 47.2 Å². The molecule has 0 bridgehead atoms. The van der Waals surface area contributed by atoms with Crippen LogP contribution in [-0.2, 0) is 44.7 Å². The molecule has 10 atom stereocenters. The third-order valence-electron chi connectivity index (χ3n) is 15.5. The molecule has 10 unspecified atom stereocenters. The topological polar surface area (TPSA) is 155 Å². The highest BCUT2D eigenvalue weighted by atomic mass is 16.5. The fraction of sp³-hybridized carbons (Fsp3) is 0.641. The van der Waals surface area contributed by atoms with Gasteiger partial charge in [0.2, 0.25) is 0 Å². The van der Waals surface area contributed by atoms with Crippen molar-refractivity contribution in [1.82, 2.24) is 19.6 Å². The lowest BCUT2D eigenvalue weighted by Gasteiger charge is -2.43. The maximum absolute atomic E-state index is 14.1. The molecule has 0 N–H and O–H groups in total. The van der Waals surface area contributed by atoms with E-state index >= 15 is 0 Å². The number of fused-ring (bicyclic) bond motifs is 12. The Balaban J connectivity index is 0.000000226. The van der Waals surface area contributed by atoms with Gasteiger partial charge in [-0.2, -0.15) is 0 Å². The van der Waals surface area contributed by atoms with Crippen LogP contribution in [0, 0.1) is 47.2 Å². The van der Waals surface area contributed by atoms with Crippen LogP contribution >= 0.6 is 0 Å². The van der Waals surface area contributed by atoms with Crippen LogP contribution in [0.15, 0.2) is 48.5 Å². The van der Waals surface area contributed by atoms with E-state index in [1.165, 1.54) is 7.11 Å². The predicted molar refractivity (Wildman–Crippen MR) is 370 cm³/mol. The highest BCUT2D eigenvalue weighted by Gasteiger charge is 2.43. The van der Waals surface area contributed by atoms with E-state index in [1.54, 1.807) is 13.8 Å². The minimum Gasteiger partial charge on any atom is -0.493 e. The van der Waals surface area contributed by atoms with Gasteiger partial charge < -0.3 is 37.9 Å². The molecule has 8 aliphatic rings. The minimum atomic E-state index is -4.58. The molecular weight excluding hydrogens is 1180 g/mol. The summed E-state index contributed by atoms with van der Waals surface area (Å²) in [4.78, 5) is 55.5. The van der Waals surface area contributed by atoms with Gasteiger partial charge in [-0.1, -0.05) is 68.0 Å². The summed E-state index contributed by atoms with van der Waals surface area (Å²) >= 11 is 0. The van der Waals surface area contributed by atoms with Crippen LogP contribution in [0.2, 0.25) is 0 Å². The van der Waals surface area contributed by atoms with E-state index in [9.17, 15) is 21.9 Å². The average molecular weight is 1360 g/mol. The first-order valence-electron chi connectivity index (χ1n) is 57.8. The van der Waals surface area contributed by atoms with Crippen molar-refractivity contribution in [3.8, 4) is 46.0 Å². The maximum Gasteiger partial charge on any atom is 0.161 e. The molecule has 0 spiro atoms. The summed E-state index contributed by atoms with van der Waals surface area (Å²) in [5.74, 6) is -27.6. The summed E-state index contributed by atoms with van der Waals surface area (Å²) in [5, 5.41) is 0. The predicted octanol–water partition coefficient (Wildman–Crippen LogP) is 13.7. The summed E-state index contributed by atoms with van der Waals surface area (Å²) in [6.07, 6.45) is -33.0. The van der Waals surface area contributed by atoms with Crippen LogP contribution in [0.25, 0.3) is 0 Å². The first kappa shape index (κ1) is 28.3. The van der Waals surface area contributed by atoms with Crippen molar-refractivity contribution in [3.05, 3.63) is 93.0 Å². The first-order chi connectivity index (χ1) is 66.9. The summed E-state index contributed by atoms with van der Waals surface area (Å²) < 4.78 is 513. The summed E-state index contributed by atoms with van der Waals surface area (Å²) in [7, 11) is -7.66. The molecule has 0 aliphatic carbocycles. The number of carbonyl (C=O) groups excluding carboxylic acids is 4. The van der Waals surface area contributed by atoms with Gasteiger partial charge in [0.15, 0.2) is 46.0 Å². The largest absolute Gasteiger partial charge is 0.493 e. The van der Waals surface area contributed by atoms with Crippen molar-refractivity contribution < 1.29 is 135 Å². The average Bonchev–Trinajstić information content (AvgIpc) is 0.641. The van der Waals surface area contributed by atoms with Gasteiger partial charge in [-0.15, -0.1) is 0 Å². The highest BCUT2D eigenvalue weighted by Crippen LogP contribution is 2.48. The fourth-order valence-corrected chi connectivity index (χ4v) is 11.0. The van der Waals surface area contributed by atoms with Gasteiger partial charge in [-0.05, 0) is 168 Å². The molecule has 0 saturated carbocycles. The standard InChI is InChI=1S/2C20H29NO3.2C19H27NO3/c2*1-5-13(2)8-15-12-21-7-6-14-9-19(23-3)20(24-4)10-16(14)17(21)11-18(15)22;2*1-12(2)7-14-11-20-6-5-13-8-18(22-3)19(23-4)9-15(13)16(20)10-17(14)21/h2*9-10,13,15,17H,5-8,11-12H2,1-4H3;2*8-9,12,14,16H,5-7,10-11H2,1-4H3/i2D3,4D3,5D2,6D2,7D2,8D2,11D2,12D2,13D,15D,17D;2D3,4D3,5D2,6D2,7D2,8D2,12D2,13D,17D;4D3,5D2,6D2,10D2,11D2,14D,16D;4D3,8D,9D. The van der Waals surface area contributed by atoms with Crippen LogP contribution in [0.5, 0.6) is 46.0 Å². The number of rotatable bonds is 18. The van der Waals surface area contributed by atoms with E-state index in [0.717, 1.165) is 52.0 Å². The van der Waals surface area contributed by atoms with E-state index in [2.05, 4.69) is 18.7 Å². The van der Waals surface area contributed by atoms with Crippen molar-refractivity contribution in [3.63, 3.8) is 0 Å². The molecular formula is C78H112N4O12. The van der Waals surface area contributed by atoms with Gasteiger partial charge in [-0.3, -0.25) is 38.8 Å². The Kier molecular flexibility index (Phi) is 9.85. The number of methoxy groups -OCH3 is 8. The van der Waals surface area contributed by atoms with Crippen LogP contribution in [-0.4, -0.2) is 151 Å². The smallest absolute Gasteiger partial charge is 0.161 e. The van der Waals surface area contributed by atoms with Gasteiger partial charge in [0, 0.05) is 180 Å². The van der Waals surface area contributed by atoms with E-state index in [1.807, 2.05) is 0 Å². The molecule has 0 aromatic heterocycles. The molecule has 94 heavy (non-hydrogen) atoms. The summed E-state index contributed by atoms with van der Waals surface area (Å²) in [6, 6.07) is -5.94. The second-order valence-corrected chi connectivity index (χ2v) is 22.5. The van der Waals surface area contributed by atoms with Crippen molar-refractivity contribution in [2.75, 3.05) is 109 Å². The molecule has 16 nitrogen and oxygen atoms in total. The van der Waals surface area contributed by atoms with Crippen LogP contribution in [0.1, 0.15) is 266 Å². The van der Waals surface area contributed by atoms with Crippen molar-refractivity contribution >= 4 is 23.1 Å². The normalized spacial score (nSPS) is 45.4. The SMILES string of the molecule is [2H]C([2H])([2H])Oc1cc2c(cc1OC)C([2H])([2H])C([2H])([2H])N1C([2H])([2H])C([2H])(C([2H])([2H])C([2H])(C([2H])([2H])[2H])C([2H])([2H])C)C(=O)C([2H])([2H])C21[2H].[2H]C([2H])([2H])Oc1cc2c(cc1OC)C([2H])([2H])C([2H])([2H])N1C([2H])([2H])C([2H])(CC(C)C)C(=O)C([2H])([2H])C21[2H].[2H]C([2H])([2H])Oc1cc2c(cc1OC)C([2H])([2H])C([2H])([2H])N1C2([2H])CC(=O)C(C([2H])([2H])C([2H])(C([2H])([2H])[2H])C([2H])([2H])C)C1([2H])[2H].[2H]c1c2c(c([2H])c(OC([2H])([2H])[2H])c1OC)C1CC(=O)C(CC(C)C)CN1CC2. The van der Waals surface area contributed by atoms with Gasteiger partial charge in [-0.25, -0.2) is 0 Å². The second kappa shape index (κ2) is 32.7. The van der Waals surface area contributed by atoms with E-state index in [-0.39, 0.29) is 69.0 Å². The zero-order valence-electron chi connectivity index (χ0n) is 110. The monoisotopic (exact) mass is 1350 g/mol. The van der Waals surface area contributed by atoms with E-state index in [4.69, 9.17) is 113 Å². The number of carbonyl (C=O) groups is 4. The Bertz CT molecular complexity index is 5890. The number of ketones is 4. The number of benzene rings is 4. The van der Waals surface area contributed by atoms with Gasteiger partial charge in [0.25, 0.3) is 0 Å². The van der Waals surface area contributed by atoms with Crippen LogP contribution < -0.4 is 37.9 Å². The molecule has 8 aliphatic heterocycles. The molecule has 4 aromatic carbocycles. The number of aryl methyl sites for hydroxylation is 3. The van der Waals surface area contributed by atoms with Gasteiger partial charge in [0.1, 0.15) is 23.1 Å². The summed E-state index contributed by atoms with van der Waals surface area (Å²) in [5.41, 5.74) is -3.46. The number of Topliss-reactive ketones (excluding diaryl/α,β-unsaturated/α-hetero) is 4. The Morgan fingerprint density at radius 2 is 0.957 bits per heavy atom. The molecule has 0 radical (unpaired) electrons. The highest BCUT2D eigenvalue weighted by molar-refractivity contribution is 5.85. The Morgan fingerprint density at radius 3 is 1.45 bits per heavy atom. The maximum atomic E-state index is 14.1. The number of ether oxygens (including phenoxy) is 8. The van der Waals surface area contributed by atoms with E-state index < -0.39 is 283 Å². The number of hydrogen-bond donors (Lipinski definition) is 0. The zero-order valence-corrected chi connectivity index (χ0v) is 53.0. The van der Waals surface area contributed by atoms with Gasteiger partial charge in [0.05, 0.1) is 79.9 Å². The molecule has 4 aromatic rings. The number of hydrogen-bond acceptors (Lipinski definition) is 16. The third-order valence-corrected chi connectivity index (χ3v) is 15.5. The first-order valence-corrected chi connectivity index (χ1v) is 29.3. The van der Waals surface area contributed by atoms with Crippen LogP contribution in [0.4, 0.5) is 0 Å². The molecule has 516 valence electrons. The fourth-order valence-electron chi connectivity index (χ4n) is 11.0. The lowest BCUT2D eigenvalue weighted by Crippen LogP contribution is -2.46. The molecule has 16 heteroatoms. The Hall–Kier alpha value is -6.20.